The first-order valence-electron chi connectivity index (χ1n) is 9.03. The van der Waals surface area contributed by atoms with Crippen LogP contribution >= 0.6 is 0 Å². The lowest BCUT2D eigenvalue weighted by Crippen LogP contribution is -2.36. The van der Waals surface area contributed by atoms with E-state index in [1.165, 1.54) is 12.8 Å². The summed E-state index contributed by atoms with van der Waals surface area (Å²) in [7, 11) is 0. The molecule has 3 rings (SSSR count). The molecule has 1 aliphatic heterocycles. The van der Waals surface area contributed by atoms with E-state index in [0.717, 1.165) is 32.3 Å². The lowest BCUT2D eigenvalue weighted by molar-refractivity contribution is 0.112. The molecule has 4 amide bonds. The number of nitrogens with one attached hydrogen (secondary N) is 4. The lowest BCUT2D eigenvalue weighted by atomic mass is 10.2. The summed E-state index contributed by atoms with van der Waals surface area (Å²) < 4.78 is 5.47. The fraction of sp³-hybridized carbons (Fsp3) is 0.556. The molecule has 0 aromatic heterocycles. The quantitative estimate of drug-likeness (QED) is 0.660. The minimum absolute atomic E-state index is 0.121. The van der Waals surface area contributed by atoms with Gasteiger partial charge in [-0.05, 0) is 49.9 Å². The van der Waals surface area contributed by atoms with Gasteiger partial charge in [-0.15, -0.1) is 0 Å². The van der Waals surface area contributed by atoms with E-state index in [9.17, 15) is 9.59 Å². The Morgan fingerprint density at radius 3 is 2.16 bits per heavy atom. The lowest BCUT2D eigenvalue weighted by Gasteiger charge is -2.14. The van der Waals surface area contributed by atoms with Crippen molar-refractivity contribution in [1.29, 1.82) is 0 Å². The van der Waals surface area contributed by atoms with Crippen LogP contribution in [0.25, 0.3) is 0 Å². The summed E-state index contributed by atoms with van der Waals surface area (Å²) in [6, 6.07) is 6.91. The molecule has 1 saturated carbocycles. The molecule has 1 unspecified atom stereocenters. The van der Waals surface area contributed by atoms with Crippen molar-refractivity contribution in [2.45, 2.75) is 50.7 Å². The van der Waals surface area contributed by atoms with Gasteiger partial charge >= 0.3 is 12.1 Å². The molecule has 4 N–H and O–H groups in total. The molecular weight excluding hydrogens is 320 g/mol. The smallest absolute Gasteiger partial charge is 0.319 e. The van der Waals surface area contributed by atoms with Crippen LogP contribution < -0.4 is 21.3 Å². The summed E-state index contributed by atoms with van der Waals surface area (Å²) in [6.45, 7) is 1.30. The van der Waals surface area contributed by atoms with E-state index in [1.807, 2.05) is 0 Å². The van der Waals surface area contributed by atoms with Crippen LogP contribution in [0.5, 0.6) is 0 Å². The third-order valence-electron chi connectivity index (χ3n) is 4.61. The van der Waals surface area contributed by atoms with Crippen LogP contribution in [0.15, 0.2) is 24.3 Å². The van der Waals surface area contributed by atoms with Crippen LogP contribution in [0.4, 0.5) is 21.0 Å². The van der Waals surface area contributed by atoms with Gasteiger partial charge in [-0.2, -0.15) is 0 Å². The first-order chi connectivity index (χ1) is 12.2. The Balaban J connectivity index is 1.40. The van der Waals surface area contributed by atoms with Gasteiger partial charge in [0.15, 0.2) is 0 Å². The number of hydrogen-bond acceptors (Lipinski definition) is 3. The molecular formula is C18H26N4O3. The van der Waals surface area contributed by atoms with Gasteiger partial charge in [-0.1, -0.05) is 12.8 Å². The predicted molar refractivity (Wildman–Crippen MR) is 96.8 cm³/mol. The summed E-state index contributed by atoms with van der Waals surface area (Å²) in [5, 5.41) is 11.4. The Hall–Kier alpha value is -2.28. The largest absolute Gasteiger partial charge is 0.376 e. The molecule has 1 heterocycles. The van der Waals surface area contributed by atoms with Gasteiger partial charge in [0.1, 0.15) is 0 Å². The van der Waals surface area contributed by atoms with Gasteiger partial charge in [0, 0.05) is 30.6 Å². The van der Waals surface area contributed by atoms with Gasteiger partial charge in [0.25, 0.3) is 0 Å². The first kappa shape index (κ1) is 17.5. The maximum absolute atomic E-state index is 11.9. The number of urea groups is 2. The summed E-state index contributed by atoms with van der Waals surface area (Å²) >= 11 is 0. The number of anilines is 2. The van der Waals surface area contributed by atoms with Crippen molar-refractivity contribution in [3.8, 4) is 0 Å². The Kier molecular flexibility index (Phi) is 6.11. The number of ether oxygens (including phenoxy) is 1. The fourth-order valence-electron chi connectivity index (χ4n) is 3.25. The van der Waals surface area contributed by atoms with E-state index in [-0.39, 0.29) is 24.2 Å². The number of carbonyl (C=O) groups is 2. The molecule has 1 aromatic rings. The van der Waals surface area contributed by atoms with Gasteiger partial charge < -0.3 is 26.0 Å². The standard InChI is InChI=1S/C18H26N4O3/c23-17(19-12-16-6-3-11-25-16)20-14-7-9-15(10-8-14)22-18(24)21-13-4-1-2-5-13/h7-10,13,16H,1-6,11-12H2,(H2,19,20,23)(H2,21,22,24). The van der Waals surface area contributed by atoms with Crippen LogP contribution in [0.3, 0.4) is 0 Å². The fourth-order valence-corrected chi connectivity index (χ4v) is 3.25. The molecule has 7 heteroatoms. The second-order valence-electron chi connectivity index (χ2n) is 6.63. The molecule has 136 valence electrons. The van der Waals surface area contributed by atoms with E-state index in [4.69, 9.17) is 4.74 Å². The molecule has 1 aliphatic carbocycles. The molecule has 1 atom stereocenters. The Labute approximate surface area is 147 Å². The van der Waals surface area contributed by atoms with Crippen molar-refractivity contribution in [3.05, 3.63) is 24.3 Å². The summed E-state index contributed by atoms with van der Waals surface area (Å²) in [4.78, 5) is 23.8. The van der Waals surface area contributed by atoms with Gasteiger partial charge in [0.05, 0.1) is 6.10 Å². The minimum atomic E-state index is -0.254. The highest BCUT2D eigenvalue weighted by molar-refractivity contribution is 5.91. The molecule has 2 aliphatic rings. The normalized spacial score (nSPS) is 20.2. The molecule has 1 aromatic carbocycles. The van der Waals surface area contributed by atoms with Crippen LogP contribution in [0, 0.1) is 0 Å². The summed E-state index contributed by atoms with van der Waals surface area (Å²) in [5.74, 6) is 0. The van der Waals surface area contributed by atoms with E-state index >= 15 is 0 Å². The third-order valence-corrected chi connectivity index (χ3v) is 4.61. The number of hydrogen-bond donors (Lipinski definition) is 4. The molecule has 1 saturated heterocycles. The van der Waals surface area contributed by atoms with E-state index in [1.54, 1.807) is 24.3 Å². The average molecular weight is 346 g/mol. The van der Waals surface area contributed by atoms with Crippen molar-refractivity contribution in [2.24, 2.45) is 0 Å². The van der Waals surface area contributed by atoms with Gasteiger partial charge in [0.2, 0.25) is 0 Å². The molecule has 7 nitrogen and oxygen atoms in total. The van der Waals surface area contributed by atoms with E-state index in [2.05, 4.69) is 21.3 Å². The SMILES string of the molecule is O=C(NCC1CCCO1)Nc1ccc(NC(=O)NC2CCCC2)cc1. The average Bonchev–Trinajstić information content (AvgIpc) is 3.28. The van der Waals surface area contributed by atoms with Crippen molar-refractivity contribution >= 4 is 23.4 Å². The van der Waals surface area contributed by atoms with Gasteiger partial charge in [-0.25, -0.2) is 9.59 Å². The van der Waals surface area contributed by atoms with Crippen LogP contribution in [-0.2, 0) is 4.74 Å². The zero-order valence-corrected chi connectivity index (χ0v) is 14.3. The maximum Gasteiger partial charge on any atom is 0.319 e. The highest BCUT2D eigenvalue weighted by Gasteiger charge is 2.17. The number of benzene rings is 1. The Bertz CT molecular complexity index is 578. The van der Waals surface area contributed by atoms with Crippen molar-refractivity contribution < 1.29 is 14.3 Å². The third kappa shape index (κ3) is 5.63. The zero-order valence-electron chi connectivity index (χ0n) is 14.3. The molecule has 0 bridgehead atoms. The summed E-state index contributed by atoms with van der Waals surface area (Å²) in [5.41, 5.74) is 1.37. The summed E-state index contributed by atoms with van der Waals surface area (Å²) in [6.07, 6.45) is 6.63. The van der Waals surface area contributed by atoms with E-state index in [0.29, 0.717) is 17.9 Å². The van der Waals surface area contributed by atoms with Crippen LogP contribution in [0.1, 0.15) is 38.5 Å². The Morgan fingerprint density at radius 2 is 1.56 bits per heavy atom. The van der Waals surface area contributed by atoms with Crippen molar-refractivity contribution in [3.63, 3.8) is 0 Å². The second kappa shape index (κ2) is 8.71. The van der Waals surface area contributed by atoms with Crippen LogP contribution in [0.2, 0.25) is 0 Å². The Morgan fingerprint density at radius 1 is 0.920 bits per heavy atom. The maximum atomic E-state index is 11.9. The number of amides is 4. The molecule has 0 radical (unpaired) electrons. The van der Waals surface area contributed by atoms with E-state index < -0.39 is 0 Å². The zero-order chi connectivity index (χ0) is 17.5. The monoisotopic (exact) mass is 346 g/mol. The highest BCUT2D eigenvalue weighted by atomic mass is 16.5. The first-order valence-corrected chi connectivity index (χ1v) is 9.03. The number of rotatable bonds is 5. The molecule has 0 spiro atoms. The molecule has 2 fully saturated rings. The van der Waals surface area contributed by atoms with Crippen molar-refractivity contribution in [1.82, 2.24) is 10.6 Å². The predicted octanol–water partition coefficient (Wildman–Crippen LogP) is 3.05. The number of carbonyl (C=O) groups excluding carboxylic acids is 2. The topological polar surface area (TPSA) is 91.5 Å². The molecule has 25 heavy (non-hydrogen) atoms. The van der Waals surface area contributed by atoms with Crippen molar-refractivity contribution in [2.75, 3.05) is 23.8 Å². The van der Waals surface area contributed by atoms with Crippen LogP contribution in [-0.4, -0.2) is 37.4 Å². The minimum Gasteiger partial charge on any atom is -0.376 e. The highest BCUT2D eigenvalue weighted by Crippen LogP contribution is 2.18. The van der Waals surface area contributed by atoms with Gasteiger partial charge in [-0.3, -0.25) is 0 Å². The second-order valence-corrected chi connectivity index (χ2v) is 6.63.